The number of anilines is 1. The molecule has 0 atom stereocenters. The number of amides is 1. The van der Waals surface area contributed by atoms with E-state index in [1.54, 1.807) is 24.3 Å². The van der Waals surface area contributed by atoms with Crippen LogP contribution >= 0.6 is 22.6 Å². The summed E-state index contributed by atoms with van der Waals surface area (Å²) in [5.41, 5.74) is 1.14. The largest absolute Gasteiger partial charge is 0.483 e. The van der Waals surface area contributed by atoms with Crippen LogP contribution in [0.25, 0.3) is 0 Å². The van der Waals surface area contributed by atoms with Crippen LogP contribution < -0.4 is 10.1 Å². The molecule has 0 aliphatic rings. The van der Waals surface area contributed by atoms with Crippen molar-refractivity contribution in [2.45, 2.75) is 0 Å². The fraction of sp³-hybridized carbons (Fsp3) is 0.0667. The topological polar surface area (TPSA) is 55.4 Å². The molecule has 0 unspecified atom stereocenters. The van der Waals surface area contributed by atoms with Gasteiger partial charge in [-0.15, -0.1) is 0 Å². The molecule has 0 bridgehead atoms. The maximum atomic E-state index is 11.7. The Kier molecular flexibility index (Phi) is 5.11. The van der Waals surface area contributed by atoms with Gasteiger partial charge in [-0.2, -0.15) is 0 Å². The standard InChI is InChI=1S/C15H12INO3/c16-12-5-7-13(8-6-12)17-15(19)10-20-14-4-2-1-3-11(14)9-18/h1-9H,10H2,(H,17,19). The molecule has 1 N–H and O–H groups in total. The lowest BCUT2D eigenvalue weighted by Gasteiger charge is -2.09. The molecule has 0 saturated carbocycles. The lowest BCUT2D eigenvalue weighted by Crippen LogP contribution is -2.20. The van der Waals surface area contributed by atoms with Crippen LogP contribution in [0.5, 0.6) is 5.75 Å². The van der Waals surface area contributed by atoms with Crippen LogP contribution in [-0.2, 0) is 4.79 Å². The maximum Gasteiger partial charge on any atom is 0.262 e. The van der Waals surface area contributed by atoms with Gasteiger partial charge >= 0.3 is 0 Å². The molecule has 2 rings (SSSR count). The number of para-hydroxylation sites is 1. The first-order valence-electron chi connectivity index (χ1n) is 5.91. The second-order valence-electron chi connectivity index (χ2n) is 4.00. The number of rotatable bonds is 5. The minimum atomic E-state index is -0.271. The lowest BCUT2D eigenvalue weighted by atomic mass is 10.2. The van der Waals surface area contributed by atoms with Crippen LogP contribution in [0.3, 0.4) is 0 Å². The Hall–Kier alpha value is -1.89. The molecule has 0 spiro atoms. The van der Waals surface area contributed by atoms with Crippen LogP contribution in [0, 0.1) is 3.57 Å². The molecule has 1 amide bonds. The summed E-state index contributed by atoms with van der Waals surface area (Å²) in [6.45, 7) is -0.142. The Morgan fingerprint density at radius 3 is 2.55 bits per heavy atom. The highest BCUT2D eigenvalue weighted by atomic mass is 127. The van der Waals surface area contributed by atoms with Crippen molar-refractivity contribution in [3.63, 3.8) is 0 Å². The van der Waals surface area contributed by atoms with Gasteiger partial charge < -0.3 is 10.1 Å². The first-order chi connectivity index (χ1) is 9.69. The summed E-state index contributed by atoms with van der Waals surface area (Å²) in [6, 6.07) is 14.2. The SMILES string of the molecule is O=Cc1ccccc1OCC(=O)Nc1ccc(I)cc1. The predicted octanol–water partition coefficient (Wildman–Crippen LogP) is 3.12. The van der Waals surface area contributed by atoms with Crippen LogP contribution in [0.4, 0.5) is 5.69 Å². The molecule has 0 aromatic heterocycles. The second kappa shape index (κ2) is 7.04. The number of benzene rings is 2. The molecule has 0 fully saturated rings. The zero-order valence-corrected chi connectivity index (χ0v) is 12.7. The highest BCUT2D eigenvalue weighted by molar-refractivity contribution is 14.1. The van der Waals surface area contributed by atoms with Gasteiger partial charge in [0.2, 0.25) is 0 Å². The number of carbonyl (C=O) groups excluding carboxylic acids is 2. The molecular formula is C15H12INO3. The van der Waals surface area contributed by atoms with E-state index in [9.17, 15) is 9.59 Å². The van der Waals surface area contributed by atoms with Gasteiger partial charge in [-0.1, -0.05) is 12.1 Å². The van der Waals surface area contributed by atoms with Crippen molar-refractivity contribution in [3.05, 3.63) is 57.7 Å². The smallest absolute Gasteiger partial charge is 0.262 e. The molecule has 0 radical (unpaired) electrons. The third-order valence-electron chi connectivity index (χ3n) is 2.53. The molecule has 20 heavy (non-hydrogen) atoms. The van der Waals surface area contributed by atoms with Crippen LogP contribution in [0.1, 0.15) is 10.4 Å². The van der Waals surface area contributed by atoms with Gasteiger partial charge in [-0.3, -0.25) is 9.59 Å². The minimum absolute atomic E-state index is 0.142. The van der Waals surface area contributed by atoms with Crippen molar-refractivity contribution >= 4 is 40.5 Å². The fourth-order valence-corrected chi connectivity index (χ4v) is 1.94. The van der Waals surface area contributed by atoms with E-state index in [2.05, 4.69) is 27.9 Å². The number of hydrogen-bond donors (Lipinski definition) is 1. The summed E-state index contributed by atoms with van der Waals surface area (Å²) in [5, 5.41) is 2.72. The van der Waals surface area contributed by atoms with E-state index in [0.29, 0.717) is 23.3 Å². The summed E-state index contributed by atoms with van der Waals surface area (Å²) in [6.07, 6.45) is 0.701. The molecule has 0 aliphatic carbocycles. The van der Waals surface area contributed by atoms with E-state index in [-0.39, 0.29) is 12.5 Å². The molecule has 0 aliphatic heterocycles. The summed E-state index contributed by atoms with van der Waals surface area (Å²) in [7, 11) is 0. The highest BCUT2D eigenvalue weighted by Crippen LogP contribution is 2.16. The number of aldehydes is 1. The first kappa shape index (κ1) is 14.5. The van der Waals surface area contributed by atoms with Crippen molar-refractivity contribution < 1.29 is 14.3 Å². The zero-order chi connectivity index (χ0) is 14.4. The lowest BCUT2D eigenvalue weighted by molar-refractivity contribution is -0.118. The van der Waals surface area contributed by atoms with Crippen molar-refractivity contribution in [3.8, 4) is 5.75 Å². The molecule has 102 valence electrons. The number of nitrogens with one attached hydrogen (secondary N) is 1. The molecule has 2 aromatic rings. The van der Waals surface area contributed by atoms with Gasteiger partial charge in [0.05, 0.1) is 5.56 Å². The predicted molar refractivity (Wildman–Crippen MR) is 85.1 cm³/mol. The van der Waals surface area contributed by atoms with Gasteiger partial charge in [0.1, 0.15) is 5.75 Å². The van der Waals surface area contributed by atoms with E-state index in [4.69, 9.17) is 4.74 Å². The molecule has 0 heterocycles. The Bertz CT molecular complexity index is 611. The van der Waals surface area contributed by atoms with Crippen molar-refractivity contribution in [1.82, 2.24) is 0 Å². The van der Waals surface area contributed by atoms with Gasteiger partial charge in [-0.25, -0.2) is 0 Å². The van der Waals surface area contributed by atoms with E-state index in [1.807, 2.05) is 24.3 Å². The molecular weight excluding hydrogens is 369 g/mol. The van der Waals surface area contributed by atoms with E-state index < -0.39 is 0 Å². The molecule has 5 heteroatoms. The number of ether oxygens (including phenoxy) is 1. The minimum Gasteiger partial charge on any atom is -0.483 e. The van der Waals surface area contributed by atoms with Crippen LogP contribution in [0.2, 0.25) is 0 Å². The average molecular weight is 381 g/mol. The molecule has 0 saturated heterocycles. The normalized spacial score (nSPS) is 9.85. The van der Waals surface area contributed by atoms with Crippen LogP contribution in [0.15, 0.2) is 48.5 Å². The van der Waals surface area contributed by atoms with E-state index in [0.717, 1.165) is 3.57 Å². The highest BCUT2D eigenvalue weighted by Gasteiger charge is 2.06. The summed E-state index contributed by atoms with van der Waals surface area (Å²) >= 11 is 2.19. The zero-order valence-electron chi connectivity index (χ0n) is 10.5. The maximum absolute atomic E-state index is 11.7. The van der Waals surface area contributed by atoms with Crippen LogP contribution in [-0.4, -0.2) is 18.8 Å². The summed E-state index contributed by atoms with van der Waals surface area (Å²) < 4.78 is 6.44. The third-order valence-corrected chi connectivity index (χ3v) is 3.25. The van der Waals surface area contributed by atoms with E-state index in [1.165, 1.54) is 0 Å². The van der Waals surface area contributed by atoms with Gasteiger partial charge in [0.15, 0.2) is 12.9 Å². The number of halogens is 1. The molecule has 4 nitrogen and oxygen atoms in total. The van der Waals surface area contributed by atoms with E-state index >= 15 is 0 Å². The first-order valence-corrected chi connectivity index (χ1v) is 6.99. The number of hydrogen-bond acceptors (Lipinski definition) is 3. The van der Waals surface area contributed by atoms with Gasteiger partial charge in [0, 0.05) is 9.26 Å². The Morgan fingerprint density at radius 2 is 1.85 bits per heavy atom. The quantitative estimate of drug-likeness (QED) is 0.640. The van der Waals surface area contributed by atoms with Gasteiger partial charge in [-0.05, 0) is 59.0 Å². The molecule has 2 aromatic carbocycles. The summed E-state index contributed by atoms with van der Waals surface area (Å²) in [5.74, 6) is 0.132. The summed E-state index contributed by atoms with van der Waals surface area (Å²) in [4.78, 5) is 22.6. The monoisotopic (exact) mass is 381 g/mol. The Labute approximate surface area is 130 Å². The Morgan fingerprint density at radius 1 is 1.15 bits per heavy atom. The van der Waals surface area contributed by atoms with Crippen molar-refractivity contribution in [1.29, 1.82) is 0 Å². The second-order valence-corrected chi connectivity index (χ2v) is 5.25. The average Bonchev–Trinajstić information content (AvgIpc) is 2.48. The van der Waals surface area contributed by atoms with Crippen molar-refractivity contribution in [2.75, 3.05) is 11.9 Å². The number of carbonyl (C=O) groups is 2. The van der Waals surface area contributed by atoms with Gasteiger partial charge in [0.25, 0.3) is 5.91 Å². The fourth-order valence-electron chi connectivity index (χ4n) is 1.58. The van der Waals surface area contributed by atoms with Crippen molar-refractivity contribution in [2.24, 2.45) is 0 Å². The third kappa shape index (κ3) is 4.06. The Balaban J connectivity index is 1.92.